The number of carbonyl (C=O) groups is 3. The maximum atomic E-state index is 12.7. The first-order valence-corrected chi connectivity index (χ1v) is 41.3. The topological polar surface area (TPSA) is 296 Å². The summed E-state index contributed by atoms with van der Waals surface area (Å²) in [4.78, 5) is 64.9. The molecule has 0 radical (unpaired) electrons. The molecule has 3 unspecified atom stereocenters. The van der Waals surface area contributed by atoms with E-state index in [-0.39, 0.29) is 91.2 Å². The Kier molecular flexibility index (Phi) is 28.7. The zero-order chi connectivity index (χ0) is 81.8. The van der Waals surface area contributed by atoms with Crippen LogP contribution in [-0.4, -0.2) is 115 Å². The molecule has 600 valence electrons. The highest BCUT2D eigenvalue weighted by atomic mass is 79.9. The zero-order valence-corrected chi connectivity index (χ0v) is 68.0. The van der Waals surface area contributed by atoms with Gasteiger partial charge in [0, 0.05) is 35.4 Å². The number of nitrogens with zero attached hydrogens (tertiary/aromatic N) is 6. The summed E-state index contributed by atoms with van der Waals surface area (Å²) >= 11 is 3.17. The van der Waals surface area contributed by atoms with E-state index in [1.807, 2.05) is 36.4 Å². The number of alkyl halides is 1. The quantitative estimate of drug-likeness (QED) is 0.00718. The summed E-state index contributed by atoms with van der Waals surface area (Å²) in [5.74, 6) is -0.251. The predicted molar refractivity (Wildman–Crippen MR) is 461 cm³/mol. The van der Waals surface area contributed by atoms with Crippen molar-refractivity contribution in [1.29, 1.82) is 0 Å². The van der Waals surface area contributed by atoms with Gasteiger partial charge in [-0.1, -0.05) is 230 Å². The number of hydrogen-bond donors (Lipinski definition) is 6. The molecule has 0 aliphatic carbocycles. The molecule has 12 aromatic carbocycles. The smallest absolute Gasteiger partial charge is 0.347 e. The number of unbranched alkanes of at least 4 members (excludes halogenated alkanes) is 15. The number of phenols is 6. The third-order valence-electron chi connectivity index (χ3n) is 20.5. The Morgan fingerprint density at radius 2 is 0.578 bits per heavy atom. The van der Waals surface area contributed by atoms with E-state index in [9.17, 15) is 45.0 Å². The predicted octanol–water partition coefficient (Wildman–Crippen LogP) is 22.8. The van der Waals surface area contributed by atoms with E-state index >= 15 is 0 Å². The summed E-state index contributed by atoms with van der Waals surface area (Å²) in [5, 5.41) is 76.7. The molecule has 2 aromatic heterocycles. The van der Waals surface area contributed by atoms with Crippen molar-refractivity contribution in [1.82, 2.24) is 29.9 Å². The largest absolute Gasteiger partial charge is 0.508 e. The number of aromatic hydroxyl groups is 6. The Morgan fingerprint density at radius 1 is 0.310 bits per heavy atom. The van der Waals surface area contributed by atoms with Gasteiger partial charge in [0.1, 0.15) is 50.8 Å². The van der Waals surface area contributed by atoms with Gasteiger partial charge in [0.2, 0.25) is 0 Å². The van der Waals surface area contributed by atoms with Crippen LogP contribution in [-0.2, 0) is 28.6 Å². The van der Waals surface area contributed by atoms with Gasteiger partial charge in [-0.3, -0.25) is 4.79 Å². The van der Waals surface area contributed by atoms with Crippen LogP contribution in [0.25, 0.3) is 133 Å². The van der Waals surface area contributed by atoms with Gasteiger partial charge in [-0.15, -0.1) is 0 Å². The summed E-state index contributed by atoms with van der Waals surface area (Å²) in [5.41, 5.74) is 2.64. The molecular formula is C95H99BrN6O14. The maximum Gasteiger partial charge on any atom is 0.347 e. The fourth-order valence-electron chi connectivity index (χ4n) is 14.3. The van der Waals surface area contributed by atoms with Gasteiger partial charge in [0.05, 0.1) is 42.1 Å². The van der Waals surface area contributed by atoms with Gasteiger partial charge < -0.3 is 54.3 Å². The number of ether oxygens (including phenoxy) is 5. The number of aromatic nitrogens is 6. The van der Waals surface area contributed by atoms with Crippen LogP contribution in [0.3, 0.4) is 0 Å². The van der Waals surface area contributed by atoms with Crippen LogP contribution >= 0.6 is 15.9 Å². The van der Waals surface area contributed by atoms with E-state index in [0.717, 1.165) is 121 Å². The average Bonchev–Trinajstić information content (AvgIpc) is 0.738. The molecule has 0 spiro atoms. The van der Waals surface area contributed by atoms with E-state index in [2.05, 4.69) is 114 Å². The molecule has 116 heavy (non-hydrogen) atoms. The Hall–Kier alpha value is -12.0. The van der Waals surface area contributed by atoms with E-state index in [0.29, 0.717) is 42.6 Å². The summed E-state index contributed by atoms with van der Waals surface area (Å²) in [6.45, 7) is 12.8. The molecule has 0 aliphatic heterocycles. The molecule has 14 aromatic rings. The van der Waals surface area contributed by atoms with Crippen LogP contribution in [0.1, 0.15) is 157 Å². The van der Waals surface area contributed by atoms with Crippen molar-refractivity contribution in [2.45, 2.75) is 174 Å². The Labute approximate surface area is 683 Å². The molecule has 0 amide bonds. The van der Waals surface area contributed by atoms with Crippen molar-refractivity contribution in [3.05, 3.63) is 182 Å². The number of hydrogen-bond acceptors (Lipinski definition) is 20. The van der Waals surface area contributed by atoms with Crippen molar-refractivity contribution in [3.8, 4) is 114 Å². The monoisotopic (exact) mass is 1630 g/mol. The van der Waals surface area contributed by atoms with Crippen molar-refractivity contribution in [3.63, 3.8) is 0 Å². The Morgan fingerprint density at radius 3 is 0.897 bits per heavy atom. The number of benzene rings is 12. The minimum Gasteiger partial charge on any atom is -0.508 e. The van der Waals surface area contributed by atoms with Crippen molar-refractivity contribution >= 4 is 98.5 Å². The van der Waals surface area contributed by atoms with E-state index in [1.54, 1.807) is 45.0 Å². The highest BCUT2D eigenvalue weighted by Crippen LogP contribution is 2.44. The van der Waals surface area contributed by atoms with Crippen LogP contribution in [0.4, 0.5) is 0 Å². The van der Waals surface area contributed by atoms with Crippen molar-refractivity contribution in [2.24, 2.45) is 0 Å². The minimum absolute atomic E-state index is 0.0938. The first kappa shape index (κ1) is 83.5. The molecule has 3 atom stereocenters. The summed E-state index contributed by atoms with van der Waals surface area (Å²) in [6.07, 6.45) is 18.5. The van der Waals surface area contributed by atoms with Crippen LogP contribution < -0.4 is 9.47 Å². The summed E-state index contributed by atoms with van der Waals surface area (Å²) < 4.78 is 27.7. The summed E-state index contributed by atoms with van der Waals surface area (Å²) in [7, 11) is 0. The number of esters is 3. The fraction of sp³-hybridized carbons (Fsp3) is 0.316. The van der Waals surface area contributed by atoms with Gasteiger partial charge in [-0.05, 0) is 165 Å². The molecule has 6 N–H and O–H groups in total. The molecule has 0 saturated carbocycles. The second-order valence-electron chi connectivity index (χ2n) is 29.3. The van der Waals surface area contributed by atoms with Gasteiger partial charge in [0.15, 0.2) is 47.2 Å². The molecule has 2 heterocycles. The molecule has 0 saturated heterocycles. The molecular weight excluding hydrogens is 1530 g/mol. The third kappa shape index (κ3) is 20.6. The Bertz CT molecular complexity index is 5510. The van der Waals surface area contributed by atoms with Gasteiger partial charge in [-0.2, -0.15) is 0 Å². The van der Waals surface area contributed by atoms with Gasteiger partial charge in [0.25, 0.3) is 0 Å². The van der Waals surface area contributed by atoms with Crippen LogP contribution in [0.15, 0.2) is 182 Å². The lowest BCUT2D eigenvalue weighted by molar-refractivity contribution is -0.152. The zero-order valence-electron chi connectivity index (χ0n) is 66.4. The molecule has 14 rings (SSSR count). The van der Waals surface area contributed by atoms with E-state index in [4.69, 9.17) is 48.6 Å². The summed E-state index contributed by atoms with van der Waals surface area (Å²) in [6, 6.07) is 54.9. The van der Waals surface area contributed by atoms with Gasteiger partial charge in [-0.25, -0.2) is 39.5 Å². The van der Waals surface area contributed by atoms with Crippen molar-refractivity contribution in [2.75, 3.05) is 19.8 Å². The van der Waals surface area contributed by atoms with Crippen molar-refractivity contribution < 1.29 is 68.7 Å². The lowest BCUT2D eigenvalue weighted by Crippen LogP contribution is -2.26. The molecule has 0 aliphatic rings. The van der Waals surface area contributed by atoms with E-state index in [1.165, 1.54) is 119 Å². The normalized spacial score (nSPS) is 12.2. The standard InChI is InChI=1S/C53H59N3O8.C31H19N3O4.C11H21BrO2/c1-5-7-9-11-13-15-30-61-52(59)34(3)63-39-24-28-43(45(57)32-39)50-54-49(42-27-23-38-21-20-36-18-17-19-37-22-26-41(42)48(38)47(36)37)55-51(56-50)44-29-25-40(33-46(44)58)64-35(4)53(60)62-31-16-14-12-10-8-6-2;35-19-8-12-23(25(37)14-19)30-32-29(33-31(34-30)24-13-9-20(36)15-26(24)38)22-11-7-18-5-4-16-2-1-3-17-6-10-21(22)28(18)27(16)17;1-3-4-5-6-7-8-9-14-11(13)10(2)12/h17-29,32-35,57-58H,5-16,30-31H2,1-4H3;1-15,35-38H;10H,3-9H2,1-2H3. The van der Waals surface area contributed by atoms with E-state index < -0.39 is 24.1 Å². The number of phenolic OH excluding ortho intramolecular Hbond substituents is 6. The second kappa shape index (κ2) is 39.9. The lowest BCUT2D eigenvalue weighted by Gasteiger charge is -2.16. The maximum absolute atomic E-state index is 12.7. The van der Waals surface area contributed by atoms with Crippen LogP contribution in [0.5, 0.6) is 46.0 Å². The molecule has 21 heteroatoms. The highest BCUT2D eigenvalue weighted by molar-refractivity contribution is 9.10. The third-order valence-corrected chi connectivity index (χ3v) is 20.9. The SMILES string of the molecule is CCCCCCCCOC(=O)C(C)Br.CCCCCCCCOC(=O)C(C)Oc1ccc(-c2nc(-c3ccc(OC(C)C(=O)OCCCCCCCC)cc3O)nc(-c3ccc4ccc5cccc6ccc3c4c56)n2)c(O)c1.Oc1ccc(-c2nc(-c3ccc(O)cc3O)nc(-c3ccc4ccc5cccc6ccc3c4c56)n2)c(O)c1. The fourth-order valence-corrected chi connectivity index (χ4v) is 14.5. The average molecular weight is 1630 g/mol. The highest BCUT2D eigenvalue weighted by Gasteiger charge is 2.26. The van der Waals surface area contributed by atoms with Crippen LogP contribution in [0.2, 0.25) is 0 Å². The van der Waals surface area contributed by atoms with Gasteiger partial charge >= 0.3 is 17.9 Å². The second-order valence-corrected chi connectivity index (χ2v) is 30.6. The number of rotatable bonds is 34. The molecule has 20 nitrogen and oxygen atoms in total. The lowest BCUT2D eigenvalue weighted by atomic mass is 9.92. The minimum atomic E-state index is -0.899. The van der Waals surface area contributed by atoms with Crippen LogP contribution in [0, 0.1) is 0 Å². The molecule has 0 fully saturated rings. The first-order chi connectivity index (χ1) is 56.3. The Balaban J connectivity index is 0.000000199. The number of halogens is 1. The number of carbonyl (C=O) groups excluding carboxylic acids is 3. The first-order valence-electron chi connectivity index (χ1n) is 40.3. The molecule has 0 bridgehead atoms.